The van der Waals surface area contributed by atoms with E-state index in [0.717, 1.165) is 0 Å². The van der Waals surface area contributed by atoms with Crippen molar-refractivity contribution in [3.63, 3.8) is 0 Å². The Morgan fingerprint density at radius 1 is 1.20 bits per heavy atom. The maximum Gasteiger partial charge on any atom is 0.309 e. The van der Waals surface area contributed by atoms with Gasteiger partial charge in [-0.15, -0.1) is 0 Å². The molecule has 1 aliphatic heterocycles. The molecule has 1 fully saturated rings. The summed E-state index contributed by atoms with van der Waals surface area (Å²) in [4.78, 5) is 37.6. The monoisotopic (exact) mass is 348 g/mol. The summed E-state index contributed by atoms with van der Waals surface area (Å²) < 4.78 is 10.5. The predicted molar refractivity (Wildman–Crippen MR) is 85.2 cm³/mol. The molecule has 0 amide bonds. The highest BCUT2D eigenvalue weighted by atomic mass is 16.6. The third-order valence-electron chi connectivity index (χ3n) is 4.50. The zero-order valence-corrected chi connectivity index (χ0v) is 14.2. The molecule has 1 saturated heterocycles. The van der Waals surface area contributed by atoms with Crippen LogP contribution in [0.5, 0.6) is 0 Å². The zero-order valence-electron chi connectivity index (χ0n) is 14.2. The molecule has 134 valence electrons. The molecule has 0 unspecified atom stereocenters. The fourth-order valence-corrected chi connectivity index (χ4v) is 3.34. The summed E-state index contributed by atoms with van der Waals surface area (Å²) in [5, 5.41) is 21.8. The van der Waals surface area contributed by atoms with E-state index in [4.69, 9.17) is 9.47 Å². The number of hydrogen-bond donors (Lipinski definition) is 2. The molecule has 3 rings (SSSR count). The number of rotatable bonds is 2. The highest BCUT2D eigenvalue weighted by molar-refractivity contribution is 6.22. The van der Waals surface area contributed by atoms with Gasteiger partial charge in [-0.05, 0) is 20.8 Å². The molecule has 2 aliphatic rings. The van der Waals surface area contributed by atoms with Gasteiger partial charge in [0.2, 0.25) is 11.6 Å². The van der Waals surface area contributed by atoms with Crippen LogP contribution in [0.2, 0.25) is 0 Å². The Hall–Kier alpha value is -2.09. The van der Waals surface area contributed by atoms with Crippen LogP contribution in [0.15, 0.2) is 24.3 Å². The summed E-state index contributed by atoms with van der Waals surface area (Å²) in [5.41, 5.74) is -5.69. The van der Waals surface area contributed by atoms with E-state index in [1.54, 1.807) is 32.9 Å². The summed E-state index contributed by atoms with van der Waals surface area (Å²) in [7, 11) is 0. The standard InChI is InChI=1S/C18H20O7/c1-16(2,3)25-13(19)8-12-18(23)15(21)11-7-5-4-6-10(11)14(20)17(18,22)9-24-12/h4-7,12,22-23H,8-9H2,1-3H3/t12-,17-,18+/m1/s1. The molecule has 25 heavy (non-hydrogen) atoms. The summed E-state index contributed by atoms with van der Waals surface area (Å²) in [6.45, 7) is 4.46. The fraction of sp³-hybridized carbons (Fsp3) is 0.500. The fourth-order valence-electron chi connectivity index (χ4n) is 3.34. The van der Waals surface area contributed by atoms with Crippen molar-refractivity contribution in [2.45, 2.75) is 50.1 Å². The van der Waals surface area contributed by atoms with Crippen LogP contribution in [0.1, 0.15) is 47.9 Å². The molecule has 7 nitrogen and oxygen atoms in total. The van der Waals surface area contributed by atoms with Gasteiger partial charge < -0.3 is 19.7 Å². The van der Waals surface area contributed by atoms with E-state index in [1.165, 1.54) is 12.1 Å². The van der Waals surface area contributed by atoms with Crippen LogP contribution < -0.4 is 0 Å². The lowest BCUT2D eigenvalue weighted by Crippen LogP contribution is -2.68. The van der Waals surface area contributed by atoms with Crippen LogP contribution in [0.25, 0.3) is 0 Å². The van der Waals surface area contributed by atoms with E-state index in [1.807, 2.05) is 0 Å². The Balaban J connectivity index is 1.99. The van der Waals surface area contributed by atoms with Crippen molar-refractivity contribution < 1.29 is 34.1 Å². The van der Waals surface area contributed by atoms with Crippen LogP contribution in [0.4, 0.5) is 0 Å². The SMILES string of the molecule is CC(C)(C)OC(=O)C[C@H]1OC[C@@]2(O)C(=O)c3ccccc3C(=O)[C@@]12O. The highest BCUT2D eigenvalue weighted by Gasteiger charge is 2.71. The first-order chi connectivity index (χ1) is 11.5. The largest absolute Gasteiger partial charge is 0.460 e. The second-order valence-electron chi connectivity index (χ2n) is 7.42. The number of hydrogen-bond acceptors (Lipinski definition) is 7. The van der Waals surface area contributed by atoms with Crippen molar-refractivity contribution >= 4 is 17.5 Å². The first kappa shape index (κ1) is 17.7. The lowest BCUT2D eigenvalue weighted by Gasteiger charge is -2.40. The van der Waals surface area contributed by atoms with E-state index >= 15 is 0 Å². The third kappa shape index (κ3) is 2.50. The van der Waals surface area contributed by atoms with Gasteiger partial charge in [0, 0.05) is 11.1 Å². The van der Waals surface area contributed by atoms with Gasteiger partial charge in [0.1, 0.15) is 11.7 Å². The van der Waals surface area contributed by atoms with E-state index in [0.29, 0.717) is 0 Å². The van der Waals surface area contributed by atoms with Crippen molar-refractivity contribution in [2.24, 2.45) is 0 Å². The molecule has 1 aromatic rings. The number of carbonyl (C=O) groups is 3. The molecule has 7 heteroatoms. The number of esters is 1. The number of aliphatic hydroxyl groups is 2. The Labute approximate surface area is 144 Å². The molecule has 0 spiro atoms. The van der Waals surface area contributed by atoms with Gasteiger partial charge in [-0.3, -0.25) is 14.4 Å². The molecule has 0 saturated carbocycles. The molecule has 0 radical (unpaired) electrons. The normalized spacial score (nSPS) is 31.5. The maximum absolute atomic E-state index is 12.9. The van der Waals surface area contributed by atoms with Gasteiger partial charge >= 0.3 is 5.97 Å². The number of Topliss-reactive ketones (excluding diaryl/α,β-unsaturated/α-hetero) is 2. The van der Waals surface area contributed by atoms with Gasteiger partial charge in [0.25, 0.3) is 0 Å². The minimum absolute atomic E-state index is 0.000589. The summed E-state index contributed by atoms with van der Waals surface area (Å²) in [5.74, 6) is -2.33. The molecule has 1 aromatic carbocycles. The Kier molecular flexibility index (Phi) is 3.87. The first-order valence-electron chi connectivity index (χ1n) is 7.97. The van der Waals surface area contributed by atoms with Gasteiger partial charge in [-0.25, -0.2) is 0 Å². The lowest BCUT2D eigenvalue weighted by molar-refractivity contribution is -0.160. The average molecular weight is 348 g/mol. The summed E-state index contributed by atoms with van der Waals surface area (Å²) in [6.07, 6.45) is -1.84. The van der Waals surface area contributed by atoms with E-state index in [2.05, 4.69) is 0 Å². The second-order valence-corrected chi connectivity index (χ2v) is 7.42. The predicted octanol–water partition coefficient (Wildman–Crippen LogP) is 0.658. The molecule has 2 N–H and O–H groups in total. The number of fused-ring (bicyclic) bond motifs is 2. The minimum Gasteiger partial charge on any atom is -0.460 e. The van der Waals surface area contributed by atoms with Crippen LogP contribution in [-0.2, 0) is 14.3 Å². The molecule has 1 aliphatic carbocycles. The quantitative estimate of drug-likeness (QED) is 0.755. The van der Waals surface area contributed by atoms with Crippen LogP contribution >= 0.6 is 0 Å². The smallest absolute Gasteiger partial charge is 0.309 e. The molecule has 0 aromatic heterocycles. The Morgan fingerprint density at radius 3 is 2.32 bits per heavy atom. The first-order valence-corrected chi connectivity index (χ1v) is 7.97. The number of ether oxygens (including phenoxy) is 2. The van der Waals surface area contributed by atoms with Gasteiger partial charge in [-0.2, -0.15) is 0 Å². The Morgan fingerprint density at radius 2 is 1.76 bits per heavy atom. The van der Waals surface area contributed by atoms with Crippen LogP contribution in [0.3, 0.4) is 0 Å². The summed E-state index contributed by atoms with van der Waals surface area (Å²) in [6, 6.07) is 5.92. The van der Waals surface area contributed by atoms with Crippen molar-refractivity contribution in [2.75, 3.05) is 6.61 Å². The lowest BCUT2D eigenvalue weighted by atomic mass is 9.66. The number of carbonyl (C=O) groups excluding carboxylic acids is 3. The molecule has 3 atom stereocenters. The van der Waals surface area contributed by atoms with Crippen molar-refractivity contribution in [3.8, 4) is 0 Å². The van der Waals surface area contributed by atoms with E-state index in [-0.39, 0.29) is 11.1 Å². The molecular weight excluding hydrogens is 328 g/mol. The maximum atomic E-state index is 12.9. The molecular formula is C18H20O7. The van der Waals surface area contributed by atoms with Crippen molar-refractivity contribution in [3.05, 3.63) is 35.4 Å². The Bertz CT molecular complexity index is 763. The van der Waals surface area contributed by atoms with Crippen LogP contribution in [-0.4, -0.2) is 57.3 Å². The minimum atomic E-state index is -2.53. The molecule has 1 heterocycles. The average Bonchev–Trinajstić information content (AvgIpc) is 2.78. The second kappa shape index (κ2) is 5.45. The van der Waals surface area contributed by atoms with Crippen LogP contribution in [0, 0.1) is 0 Å². The number of ketones is 2. The summed E-state index contributed by atoms with van der Waals surface area (Å²) >= 11 is 0. The van der Waals surface area contributed by atoms with E-state index < -0.39 is 53.5 Å². The van der Waals surface area contributed by atoms with E-state index in [9.17, 15) is 24.6 Å². The highest BCUT2D eigenvalue weighted by Crippen LogP contribution is 2.45. The van der Waals surface area contributed by atoms with Crippen molar-refractivity contribution in [1.29, 1.82) is 0 Å². The topological polar surface area (TPSA) is 110 Å². The van der Waals surface area contributed by atoms with Gasteiger partial charge in [0.15, 0.2) is 11.2 Å². The molecule has 0 bridgehead atoms. The van der Waals surface area contributed by atoms with Gasteiger partial charge in [0.05, 0.1) is 13.0 Å². The number of benzene rings is 1. The van der Waals surface area contributed by atoms with Gasteiger partial charge in [-0.1, -0.05) is 24.3 Å². The third-order valence-corrected chi connectivity index (χ3v) is 4.50. The zero-order chi connectivity index (χ0) is 18.6. The van der Waals surface area contributed by atoms with Crippen molar-refractivity contribution in [1.82, 2.24) is 0 Å².